The Hall–Kier alpha value is -2.57. The second kappa shape index (κ2) is 11.2. The van der Waals surface area contributed by atoms with Crippen molar-refractivity contribution in [2.45, 2.75) is 44.7 Å². The Labute approximate surface area is 200 Å². The summed E-state index contributed by atoms with van der Waals surface area (Å²) in [5.41, 5.74) is 1.62. The number of hydrogen-bond donors (Lipinski definition) is 1. The third kappa shape index (κ3) is 5.73. The lowest BCUT2D eigenvalue weighted by Crippen LogP contribution is -2.42. The standard InChI is InChI=1S/C28H34F2N2O2/c1-34-22-9-10-26-23(18-22)27(25(30)19-31-26)24(29)11-12-28(20-33)13-16-32(17-14-28)15-5-8-21-6-3-2-4-7-21/h2-4,6-7,9-10,18-19,24,33H,5,8,11-17,20H2,1H3/t24-/m1/s1. The van der Waals surface area contributed by atoms with Crippen molar-refractivity contribution in [3.8, 4) is 5.75 Å². The molecule has 182 valence electrons. The van der Waals surface area contributed by atoms with Crippen molar-refractivity contribution in [3.63, 3.8) is 0 Å². The van der Waals surface area contributed by atoms with Crippen molar-refractivity contribution in [3.05, 3.63) is 71.7 Å². The van der Waals surface area contributed by atoms with Crippen molar-refractivity contribution in [2.75, 3.05) is 33.4 Å². The number of ether oxygens (including phenoxy) is 1. The van der Waals surface area contributed by atoms with E-state index in [0.29, 0.717) is 23.1 Å². The van der Waals surface area contributed by atoms with Crippen LogP contribution in [0.15, 0.2) is 54.7 Å². The molecule has 0 bridgehead atoms. The van der Waals surface area contributed by atoms with Crippen molar-refractivity contribution in [2.24, 2.45) is 5.41 Å². The summed E-state index contributed by atoms with van der Waals surface area (Å²) in [4.78, 5) is 6.52. The van der Waals surface area contributed by atoms with E-state index < -0.39 is 12.0 Å². The Bertz CT molecular complexity index is 1070. The molecule has 0 spiro atoms. The Balaban J connectivity index is 1.34. The van der Waals surface area contributed by atoms with E-state index in [1.54, 1.807) is 18.2 Å². The van der Waals surface area contributed by atoms with Gasteiger partial charge in [-0.25, -0.2) is 8.78 Å². The molecule has 4 nitrogen and oxygen atoms in total. The highest BCUT2D eigenvalue weighted by Gasteiger charge is 2.35. The zero-order valence-corrected chi connectivity index (χ0v) is 19.9. The number of benzene rings is 2. The Morgan fingerprint density at radius 3 is 2.62 bits per heavy atom. The highest BCUT2D eigenvalue weighted by Crippen LogP contribution is 2.40. The van der Waals surface area contributed by atoms with Crippen LogP contribution in [0.3, 0.4) is 0 Å². The molecule has 3 aromatic rings. The molecule has 34 heavy (non-hydrogen) atoms. The summed E-state index contributed by atoms with van der Waals surface area (Å²) in [6.45, 7) is 2.86. The fraction of sp³-hybridized carbons (Fsp3) is 0.464. The summed E-state index contributed by atoms with van der Waals surface area (Å²) in [5, 5.41) is 10.6. The number of rotatable bonds is 10. The summed E-state index contributed by atoms with van der Waals surface area (Å²) in [7, 11) is 1.53. The molecule has 0 saturated carbocycles. The molecule has 0 amide bonds. The number of aliphatic hydroxyl groups is 1. The number of halogens is 2. The van der Waals surface area contributed by atoms with Gasteiger partial charge in [-0.3, -0.25) is 4.98 Å². The third-order valence-corrected chi connectivity index (χ3v) is 7.34. The van der Waals surface area contributed by atoms with E-state index in [4.69, 9.17) is 4.74 Å². The van der Waals surface area contributed by atoms with Gasteiger partial charge in [-0.1, -0.05) is 30.3 Å². The van der Waals surface area contributed by atoms with Crippen LogP contribution in [0.1, 0.15) is 49.4 Å². The maximum atomic E-state index is 15.4. The number of hydrogen-bond acceptors (Lipinski definition) is 4. The highest BCUT2D eigenvalue weighted by atomic mass is 19.1. The fourth-order valence-electron chi connectivity index (χ4n) is 5.08. The SMILES string of the molecule is COc1ccc2ncc(F)c([C@H](F)CCC3(CO)CCN(CCCc4ccccc4)CC3)c2c1. The Morgan fingerprint density at radius 1 is 1.15 bits per heavy atom. The summed E-state index contributed by atoms with van der Waals surface area (Å²) >= 11 is 0. The molecule has 1 N–H and O–H groups in total. The lowest BCUT2D eigenvalue weighted by Gasteiger charge is -2.41. The number of aryl methyl sites for hydroxylation is 1. The first-order valence-corrected chi connectivity index (χ1v) is 12.2. The van der Waals surface area contributed by atoms with Crippen LogP contribution in [0.4, 0.5) is 8.78 Å². The molecule has 1 aliphatic heterocycles. The lowest BCUT2D eigenvalue weighted by atomic mass is 9.74. The fourth-order valence-corrected chi connectivity index (χ4v) is 5.08. The molecule has 2 heterocycles. The van der Waals surface area contributed by atoms with E-state index in [1.165, 1.54) is 12.7 Å². The molecule has 6 heteroatoms. The molecule has 1 fully saturated rings. The molecule has 0 unspecified atom stereocenters. The molecule has 2 aromatic carbocycles. The maximum absolute atomic E-state index is 15.4. The van der Waals surface area contributed by atoms with Crippen LogP contribution in [0.25, 0.3) is 10.9 Å². The molecule has 1 aliphatic rings. The van der Waals surface area contributed by atoms with Crippen LogP contribution in [0.2, 0.25) is 0 Å². The predicted octanol–water partition coefficient (Wildman–Crippen LogP) is 5.88. The molecule has 0 radical (unpaired) electrons. The maximum Gasteiger partial charge on any atom is 0.148 e. The predicted molar refractivity (Wildman–Crippen MR) is 131 cm³/mol. The summed E-state index contributed by atoms with van der Waals surface area (Å²) < 4.78 is 35.3. The van der Waals surface area contributed by atoms with Crippen molar-refractivity contribution in [1.82, 2.24) is 9.88 Å². The highest BCUT2D eigenvalue weighted by molar-refractivity contribution is 5.84. The van der Waals surface area contributed by atoms with Crippen LogP contribution >= 0.6 is 0 Å². The molecule has 1 aromatic heterocycles. The summed E-state index contributed by atoms with van der Waals surface area (Å²) in [6.07, 6.45) is 4.13. The van der Waals surface area contributed by atoms with Gasteiger partial charge in [0.1, 0.15) is 17.7 Å². The number of piperidine rings is 1. The number of likely N-dealkylation sites (tertiary alicyclic amines) is 1. The van der Waals surface area contributed by atoms with Gasteiger partial charge in [-0.15, -0.1) is 0 Å². The Kier molecular flexibility index (Phi) is 8.11. The monoisotopic (exact) mass is 468 g/mol. The third-order valence-electron chi connectivity index (χ3n) is 7.34. The van der Waals surface area contributed by atoms with Gasteiger partial charge in [0.25, 0.3) is 0 Å². The van der Waals surface area contributed by atoms with Gasteiger partial charge in [0.05, 0.1) is 18.8 Å². The van der Waals surface area contributed by atoms with Crippen LogP contribution in [-0.4, -0.2) is 48.3 Å². The quantitative estimate of drug-likeness (QED) is 0.404. The van der Waals surface area contributed by atoms with Crippen molar-refractivity contribution >= 4 is 10.9 Å². The lowest BCUT2D eigenvalue weighted by molar-refractivity contribution is 0.0299. The molecular formula is C28H34F2N2O2. The largest absolute Gasteiger partial charge is 0.497 e. The minimum atomic E-state index is -1.47. The second-order valence-electron chi connectivity index (χ2n) is 9.50. The average molecular weight is 469 g/mol. The van der Waals surface area contributed by atoms with Crippen molar-refractivity contribution in [1.29, 1.82) is 0 Å². The van der Waals surface area contributed by atoms with Crippen LogP contribution in [0, 0.1) is 11.2 Å². The van der Waals surface area contributed by atoms with E-state index in [2.05, 4.69) is 34.1 Å². The van der Waals surface area contributed by atoms with Gasteiger partial charge >= 0.3 is 0 Å². The van der Waals surface area contributed by atoms with Gasteiger partial charge in [-0.2, -0.15) is 0 Å². The zero-order chi connectivity index (χ0) is 24.0. The summed E-state index contributed by atoms with van der Waals surface area (Å²) in [5.74, 6) is -0.0978. The van der Waals surface area contributed by atoms with E-state index in [1.807, 2.05) is 6.07 Å². The molecular weight excluding hydrogens is 434 g/mol. The molecule has 1 saturated heterocycles. The topological polar surface area (TPSA) is 45.6 Å². The van der Waals surface area contributed by atoms with Crippen LogP contribution < -0.4 is 4.74 Å². The number of pyridine rings is 1. The Morgan fingerprint density at radius 2 is 1.91 bits per heavy atom. The normalized spacial score (nSPS) is 17.1. The van der Waals surface area contributed by atoms with Gasteiger partial charge < -0.3 is 14.7 Å². The van der Waals surface area contributed by atoms with Gasteiger partial charge in [0.2, 0.25) is 0 Å². The first-order valence-electron chi connectivity index (χ1n) is 12.2. The summed E-state index contributed by atoms with van der Waals surface area (Å²) in [6, 6.07) is 15.6. The van der Waals surface area contributed by atoms with E-state index in [0.717, 1.165) is 51.5 Å². The van der Waals surface area contributed by atoms with E-state index in [-0.39, 0.29) is 24.0 Å². The zero-order valence-electron chi connectivity index (χ0n) is 19.9. The van der Waals surface area contributed by atoms with Crippen LogP contribution in [-0.2, 0) is 6.42 Å². The number of alkyl halides is 1. The van der Waals surface area contributed by atoms with Crippen LogP contribution in [0.5, 0.6) is 5.75 Å². The van der Waals surface area contributed by atoms with E-state index >= 15 is 4.39 Å². The number of aromatic nitrogens is 1. The minimum absolute atomic E-state index is 0.0327. The van der Waals surface area contributed by atoms with Gasteiger partial charge in [0, 0.05) is 17.6 Å². The van der Waals surface area contributed by atoms with E-state index in [9.17, 15) is 9.50 Å². The smallest absolute Gasteiger partial charge is 0.148 e. The number of nitrogens with zero attached hydrogens (tertiary/aromatic N) is 2. The minimum Gasteiger partial charge on any atom is -0.497 e. The second-order valence-corrected chi connectivity index (χ2v) is 9.50. The van der Waals surface area contributed by atoms with Gasteiger partial charge in [-0.05, 0) is 87.3 Å². The number of methoxy groups -OCH3 is 1. The average Bonchev–Trinajstić information content (AvgIpc) is 2.88. The first kappa shape index (κ1) is 24.6. The molecule has 1 atom stereocenters. The number of fused-ring (bicyclic) bond motifs is 1. The first-order chi connectivity index (χ1) is 16.5. The van der Waals surface area contributed by atoms with Gasteiger partial charge in [0.15, 0.2) is 0 Å². The molecule has 4 rings (SSSR count). The molecule has 0 aliphatic carbocycles. The van der Waals surface area contributed by atoms with Crippen molar-refractivity contribution < 1.29 is 18.6 Å². The number of aliphatic hydroxyl groups excluding tert-OH is 1.